The maximum Gasteiger partial charge on any atom is 0.226 e. The maximum atomic E-state index is 5.34. The van der Waals surface area contributed by atoms with Gasteiger partial charge in [0.05, 0.1) is 0 Å². The molecule has 2 heterocycles. The molecule has 0 saturated carbocycles. The minimum Gasteiger partial charge on any atom is -0.339 e. The van der Waals surface area contributed by atoms with Crippen LogP contribution in [0.25, 0.3) is 0 Å². The van der Waals surface area contributed by atoms with E-state index in [1.807, 2.05) is 7.05 Å². The number of likely N-dealkylation sites (tertiary alicyclic amines) is 1. The lowest BCUT2D eigenvalue weighted by Gasteiger charge is -2.27. The van der Waals surface area contributed by atoms with Gasteiger partial charge in [0.2, 0.25) is 5.89 Å². The molecule has 1 fully saturated rings. The molecular weight excluding hydrogens is 228 g/mol. The first kappa shape index (κ1) is 13.5. The highest BCUT2D eigenvalue weighted by Crippen LogP contribution is 2.20. The molecule has 0 radical (unpaired) electrons. The fourth-order valence-electron chi connectivity index (χ4n) is 2.35. The zero-order chi connectivity index (χ0) is 13.0. The summed E-state index contributed by atoms with van der Waals surface area (Å²) < 4.78 is 5.34. The Balaban J connectivity index is 1.83. The molecule has 0 aliphatic carbocycles. The molecule has 1 aliphatic heterocycles. The average Bonchev–Trinajstić information content (AvgIpc) is 2.79. The van der Waals surface area contributed by atoms with Crippen molar-refractivity contribution < 1.29 is 4.52 Å². The van der Waals surface area contributed by atoms with Gasteiger partial charge < -0.3 is 14.7 Å². The number of hydrogen-bond acceptors (Lipinski definition) is 5. The van der Waals surface area contributed by atoms with Crippen LogP contribution in [0, 0.1) is 5.92 Å². The summed E-state index contributed by atoms with van der Waals surface area (Å²) in [5.41, 5.74) is 0. The van der Waals surface area contributed by atoms with E-state index in [0.717, 1.165) is 24.6 Å². The highest BCUT2D eigenvalue weighted by atomic mass is 16.5. The molecule has 5 nitrogen and oxygen atoms in total. The average molecular weight is 252 g/mol. The van der Waals surface area contributed by atoms with E-state index in [-0.39, 0.29) is 0 Å². The van der Waals surface area contributed by atoms with Crippen molar-refractivity contribution in [1.82, 2.24) is 20.4 Å². The molecule has 0 amide bonds. The Morgan fingerprint density at radius 1 is 1.44 bits per heavy atom. The Bertz CT molecular complexity index is 358. The van der Waals surface area contributed by atoms with Gasteiger partial charge in [-0.3, -0.25) is 0 Å². The number of nitrogens with one attached hydrogen (secondary N) is 1. The van der Waals surface area contributed by atoms with E-state index < -0.39 is 0 Å². The molecule has 2 rings (SSSR count). The quantitative estimate of drug-likeness (QED) is 0.850. The van der Waals surface area contributed by atoms with Crippen molar-refractivity contribution in [2.75, 3.05) is 27.2 Å². The number of likely N-dealkylation sites (N-methyl/N-ethyl adjacent to an activating group) is 1. The van der Waals surface area contributed by atoms with Crippen LogP contribution >= 0.6 is 0 Å². The fraction of sp³-hybridized carbons (Fsp3) is 0.846. The van der Waals surface area contributed by atoms with Gasteiger partial charge in [0, 0.05) is 18.9 Å². The van der Waals surface area contributed by atoms with Crippen LogP contribution < -0.4 is 5.32 Å². The first-order chi connectivity index (χ1) is 8.67. The van der Waals surface area contributed by atoms with Gasteiger partial charge in [-0.25, -0.2) is 0 Å². The second-order valence-corrected chi connectivity index (χ2v) is 5.45. The standard InChI is InChI=1S/C13H24N4O/c1-10(14-2)8-12-15-13(18-16-12)9-11-4-6-17(3)7-5-11/h10-11,14H,4-9H2,1-3H3. The van der Waals surface area contributed by atoms with Gasteiger partial charge >= 0.3 is 0 Å². The summed E-state index contributed by atoms with van der Waals surface area (Å²) in [5, 5.41) is 7.23. The van der Waals surface area contributed by atoms with E-state index in [4.69, 9.17) is 4.52 Å². The minimum absolute atomic E-state index is 0.388. The largest absolute Gasteiger partial charge is 0.339 e. The Hall–Kier alpha value is -0.940. The van der Waals surface area contributed by atoms with E-state index in [9.17, 15) is 0 Å². The van der Waals surface area contributed by atoms with Crippen LogP contribution in [-0.4, -0.2) is 48.3 Å². The number of aromatic nitrogens is 2. The normalized spacial score (nSPS) is 20.2. The predicted octanol–water partition coefficient (Wildman–Crippen LogP) is 1.10. The Morgan fingerprint density at radius 2 is 2.17 bits per heavy atom. The molecular formula is C13H24N4O. The third-order valence-electron chi connectivity index (χ3n) is 3.79. The van der Waals surface area contributed by atoms with Crippen LogP contribution in [0.2, 0.25) is 0 Å². The molecule has 1 aromatic rings. The molecule has 1 atom stereocenters. The summed E-state index contributed by atoms with van der Waals surface area (Å²) in [6, 6.07) is 0.388. The Kier molecular flexibility index (Phi) is 4.72. The van der Waals surface area contributed by atoms with E-state index in [0.29, 0.717) is 12.0 Å². The summed E-state index contributed by atoms with van der Waals surface area (Å²) in [5.74, 6) is 2.33. The van der Waals surface area contributed by atoms with Crippen LogP contribution in [0.5, 0.6) is 0 Å². The van der Waals surface area contributed by atoms with Crippen LogP contribution in [0.1, 0.15) is 31.5 Å². The molecule has 1 N–H and O–H groups in total. The zero-order valence-electron chi connectivity index (χ0n) is 11.6. The van der Waals surface area contributed by atoms with Gasteiger partial charge in [-0.15, -0.1) is 0 Å². The number of rotatable bonds is 5. The summed E-state index contributed by atoms with van der Waals surface area (Å²) in [7, 11) is 4.13. The summed E-state index contributed by atoms with van der Waals surface area (Å²) in [6.45, 7) is 4.48. The molecule has 0 aromatic carbocycles. The van der Waals surface area contributed by atoms with Crippen LogP contribution in [-0.2, 0) is 12.8 Å². The fourth-order valence-corrected chi connectivity index (χ4v) is 2.35. The van der Waals surface area contributed by atoms with Gasteiger partial charge in [0.1, 0.15) is 0 Å². The molecule has 0 bridgehead atoms. The molecule has 1 saturated heterocycles. The third kappa shape index (κ3) is 3.78. The molecule has 18 heavy (non-hydrogen) atoms. The van der Waals surface area contributed by atoms with Crippen molar-refractivity contribution in [3.8, 4) is 0 Å². The van der Waals surface area contributed by atoms with Gasteiger partial charge in [0.25, 0.3) is 0 Å². The SMILES string of the molecule is CNC(C)Cc1noc(CC2CCN(C)CC2)n1. The summed E-state index contributed by atoms with van der Waals surface area (Å²) in [6.07, 6.45) is 4.24. The van der Waals surface area contributed by atoms with Gasteiger partial charge in [-0.2, -0.15) is 4.98 Å². The van der Waals surface area contributed by atoms with Crippen molar-refractivity contribution in [1.29, 1.82) is 0 Å². The third-order valence-corrected chi connectivity index (χ3v) is 3.79. The minimum atomic E-state index is 0.388. The lowest BCUT2D eigenvalue weighted by Crippen LogP contribution is -2.31. The van der Waals surface area contributed by atoms with Crippen molar-refractivity contribution >= 4 is 0 Å². The van der Waals surface area contributed by atoms with E-state index in [2.05, 4.69) is 34.3 Å². The topological polar surface area (TPSA) is 54.2 Å². The molecule has 102 valence electrons. The second-order valence-electron chi connectivity index (χ2n) is 5.45. The Morgan fingerprint density at radius 3 is 2.83 bits per heavy atom. The molecule has 1 aromatic heterocycles. The van der Waals surface area contributed by atoms with Crippen molar-refractivity contribution in [3.63, 3.8) is 0 Å². The highest BCUT2D eigenvalue weighted by molar-refractivity contribution is 4.91. The van der Waals surface area contributed by atoms with E-state index >= 15 is 0 Å². The second kappa shape index (κ2) is 6.29. The van der Waals surface area contributed by atoms with Crippen molar-refractivity contribution in [3.05, 3.63) is 11.7 Å². The smallest absolute Gasteiger partial charge is 0.226 e. The van der Waals surface area contributed by atoms with Crippen LogP contribution in [0.4, 0.5) is 0 Å². The van der Waals surface area contributed by atoms with Crippen molar-refractivity contribution in [2.45, 2.75) is 38.6 Å². The summed E-state index contributed by atoms with van der Waals surface area (Å²) >= 11 is 0. The van der Waals surface area contributed by atoms with E-state index in [1.165, 1.54) is 25.9 Å². The predicted molar refractivity (Wildman–Crippen MR) is 70.4 cm³/mol. The van der Waals surface area contributed by atoms with Gasteiger partial charge in [-0.05, 0) is 52.9 Å². The van der Waals surface area contributed by atoms with E-state index in [1.54, 1.807) is 0 Å². The zero-order valence-corrected chi connectivity index (χ0v) is 11.6. The first-order valence-corrected chi connectivity index (χ1v) is 6.84. The number of hydrogen-bond donors (Lipinski definition) is 1. The first-order valence-electron chi connectivity index (χ1n) is 6.84. The van der Waals surface area contributed by atoms with Gasteiger partial charge in [0.15, 0.2) is 5.82 Å². The maximum absolute atomic E-state index is 5.34. The van der Waals surface area contributed by atoms with Crippen LogP contribution in [0.15, 0.2) is 4.52 Å². The number of piperidine rings is 1. The molecule has 0 spiro atoms. The highest BCUT2D eigenvalue weighted by Gasteiger charge is 2.20. The number of nitrogens with zero attached hydrogens (tertiary/aromatic N) is 3. The monoisotopic (exact) mass is 252 g/mol. The molecule has 1 unspecified atom stereocenters. The Labute approximate surface area is 109 Å². The van der Waals surface area contributed by atoms with Gasteiger partial charge in [-0.1, -0.05) is 5.16 Å². The van der Waals surface area contributed by atoms with Crippen molar-refractivity contribution in [2.24, 2.45) is 5.92 Å². The lowest BCUT2D eigenvalue weighted by molar-refractivity contribution is 0.208. The molecule has 1 aliphatic rings. The summed E-state index contributed by atoms with van der Waals surface area (Å²) in [4.78, 5) is 6.86. The molecule has 5 heteroatoms. The lowest BCUT2D eigenvalue weighted by atomic mass is 9.94. The van der Waals surface area contributed by atoms with Crippen LogP contribution in [0.3, 0.4) is 0 Å².